The van der Waals surface area contributed by atoms with Gasteiger partial charge in [-0.3, -0.25) is 4.68 Å². The average molecular weight is 179 g/mol. The molecule has 0 fully saturated rings. The van der Waals surface area contributed by atoms with Crippen LogP contribution in [0.2, 0.25) is 0 Å². The summed E-state index contributed by atoms with van der Waals surface area (Å²) >= 11 is 0. The van der Waals surface area contributed by atoms with Crippen LogP contribution < -0.4 is 5.73 Å². The second kappa shape index (κ2) is 2.58. The fraction of sp³-hybridized carbons (Fsp3) is 0.286. The van der Waals surface area contributed by atoms with Crippen molar-refractivity contribution in [3.63, 3.8) is 0 Å². The summed E-state index contributed by atoms with van der Waals surface area (Å²) in [6, 6.07) is 1.91. The molecule has 0 bridgehead atoms. The SMILES string of the molecule is Cc1cc(-c2nnc(N)o2)nn1C. The Labute approximate surface area is 74.4 Å². The largest absolute Gasteiger partial charge is 0.402 e. The highest BCUT2D eigenvalue weighted by Gasteiger charge is 2.10. The standard InChI is InChI=1S/C7H9N5O/c1-4-3-5(11-12(4)2)6-9-10-7(8)13-6/h3H,1-2H3,(H2,8,10). The molecule has 0 unspecified atom stereocenters. The summed E-state index contributed by atoms with van der Waals surface area (Å²) < 4.78 is 6.75. The van der Waals surface area contributed by atoms with Crippen LogP contribution in [0, 0.1) is 6.92 Å². The molecule has 0 aliphatic carbocycles. The molecule has 2 aromatic rings. The van der Waals surface area contributed by atoms with Crippen LogP contribution >= 0.6 is 0 Å². The first-order valence-electron chi connectivity index (χ1n) is 3.77. The minimum Gasteiger partial charge on any atom is -0.402 e. The predicted octanol–water partition coefficient (Wildman–Crippen LogP) is 0.361. The fourth-order valence-corrected chi connectivity index (χ4v) is 1.00. The Hall–Kier alpha value is -1.85. The number of aromatic nitrogens is 4. The van der Waals surface area contributed by atoms with E-state index < -0.39 is 0 Å². The normalized spacial score (nSPS) is 10.6. The third kappa shape index (κ3) is 1.26. The number of hydrogen-bond acceptors (Lipinski definition) is 5. The molecule has 13 heavy (non-hydrogen) atoms. The third-order valence-electron chi connectivity index (χ3n) is 1.77. The Morgan fingerprint density at radius 2 is 2.23 bits per heavy atom. The molecule has 2 aromatic heterocycles. The Morgan fingerprint density at radius 1 is 1.46 bits per heavy atom. The summed E-state index contributed by atoms with van der Waals surface area (Å²) in [5.74, 6) is 0.348. The van der Waals surface area contributed by atoms with Crippen LogP contribution in [-0.2, 0) is 7.05 Å². The van der Waals surface area contributed by atoms with Crippen molar-refractivity contribution < 1.29 is 4.42 Å². The topological polar surface area (TPSA) is 82.8 Å². The van der Waals surface area contributed by atoms with Gasteiger partial charge in [0.1, 0.15) is 5.69 Å². The van der Waals surface area contributed by atoms with Crippen LogP contribution in [-0.4, -0.2) is 20.0 Å². The van der Waals surface area contributed by atoms with Crippen molar-refractivity contribution >= 4 is 6.01 Å². The first kappa shape index (κ1) is 7.78. The van der Waals surface area contributed by atoms with Crippen molar-refractivity contribution in [2.75, 3.05) is 5.73 Å². The lowest BCUT2D eigenvalue weighted by atomic mass is 10.4. The zero-order chi connectivity index (χ0) is 9.42. The minimum atomic E-state index is 0.0540. The Balaban J connectivity index is 2.46. The van der Waals surface area contributed by atoms with E-state index in [-0.39, 0.29) is 6.01 Å². The zero-order valence-electron chi connectivity index (χ0n) is 7.35. The van der Waals surface area contributed by atoms with Gasteiger partial charge in [-0.15, -0.1) is 5.10 Å². The molecule has 0 saturated heterocycles. The summed E-state index contributed by atoms with van der Waals surface area (Å²) in [6.45, 7) is 1.94. The van der Waals surface area contributed by atoms with E-state index in [4.69, 9.17) is 10.2 Å². The van der Waals surface area contributed by atoms with E-state index in [0.717, 1.165) is 5.69 Å². The van der Waals surface area contributed by atoms with E-state index in [1.54, 1.807) is 4.68 Å². The molecule has 0 amide bonds. The summed E-state index contributed by atoms with van der Waals surface area (Å²) in [6.07, 6.45) is 0. The van der Waals surface area contributed by atoms with Crippen molar-refractivity contribution in [2.45, 2.75) is 6.92 Å². The van der Waals surface area contributed by atoms with E-state index in [9.17, 15) is 0 Å². The summed E-state index contributed by atoms with van der Waals surface area (Å²) in [4.78, 5) is 0. The van der Waals surface area contributed by atoms with Gasteiger partial charge >= 0.3 is 6.01 Å². The average Bonchev–Trinajstić information content (AvgIpc) is 2.61. The van der Waals surface area contributed by atoms with Gasteiger partial charge in [0.25, 0.3) is 5.89 Å². The lowest BCUT2D eigenvalue weighted by Crippen LogP contribution is -1.92. The highest BCUT2D eigenvalue weighted by molar-refractivity contribution is 5.47. The van der Waals surface area contributed by atoms with Crippen molar-refractivity contribution in [3.05, 3.63) is 11.8 Å². The molecule has 6 heteroatoms. The Kier molecular flexibility index (Phi) is 1.54. The molecule has 6 nitrogen and oxygen atoms in total. The van der Waals surface area contributed by atoms with Gasteiger partial charge in [-0.2, -0.15) is 5.10 Å². The van der Waals surface area contributed by atoms with Crippen molar-refractivity contribution in [1.29, 1.82) is 0 Å². The quantitative estimate of drug-likeness (QED) is 0.683. The second-order valence-corrected chi connectivity index (χ2v) is 2.74. The van der Waals surface area contributed by atoms with E-state index >= 15 is 0 Å². The lowest BCUT2D eigenvalue weighted by Gasteiger charge is -1.88. The summed E-state index contributed by atoms with van der Waals surface area (Å²) in [7, 11) is 1.85. The van der Waals surface area contributed by atoms with E-state index in [1.807, 2.05) is 20.0 Å². The van der Waals surface area contributed by atoms with Crippen LogP contribution in [0.4, 0.5) is 6.01 Å². The summed E-state index contributed by atoms with van der Waals surface area (Å²) in [5.41, 5.74) is 6.95. The number of nitrogen functional groups attached to an aromatic ring is 1. The van der Waals surface area contributed by atoms with Gasteiger partial charge in [-0.1, -0.05) is 5.10 Å². The third-order valence-corrected chi connectivity index (χ3v) is 1.77. The van der Waals surface area contributed by atoms with E-state index in [0.29, 0.717) is 11.6 Å². The van der Waals surface area contributed by atoms with Crippen molar-refractivity contribution in [3.8, 4) is 11.6 Å². The minimum absolute atomic E-state index is 0.0540. The fourth-order valence-electron chi connectivity index (χ4n) is 1.00. The molecule has 2 N–H and O–H groups in total. The maximum absolute atomic E-state index is 5.29. The highest BCUT2D eigenvalue weighted by atomic mass is 16.4. The van der Waals surface area contributed by atoms with Gasteiger partial charge in [-0.05, 0) is 13.0 Å². The van der Waals surface area contributed by atoms with Gasteiger partial charge < -0.3 is 10.2 Å². The van der Waals surface area contributed by atoms with Crippen molar-refractivity contribution in [2.24, 2.45) is 7.05 Å². The highest BCUT2D eigenvalue weighted by Crippen LogP contribution is 2.17. The van der Waals surface area contributed by atoms with Gasteiger partial charge in [0.2, 0.25) is 0 Å². The van der Waals surface area contributed by atoms with Gasteiger partial charge in [0.15, 0.2) is 0 Å². The molecule has 2 heterocycles. The van der Waals surface area contributed by atoms with Crippen LogP contribution in [0.25, 0.3) is 11.6 Å². The van der Waals surface area contributed by atoms with Gasteiger partial charge in [0, 0.05) is 12.7 Å². The van der Waals surface area contributed by atoms with Gasteiger partial charge in [-0.25, -0.2) is 0 Å². The molecule has 0 aliphatic heterocycles. The molecule has 68 valence electrons. The molecular formula is C7H9N5O. The van der Waals surface area contributed by atoms with Crippen molar-refractivity contribution in [1.82, 2.24) is 20.0 Å². The monoisotopic (exact) mass is 179 g/mol. The first-order valence-corrected chi connectivity index (χ1v) is 3.77. The molecule has 0 atom stereocenters. The molecule has 0 aliphatic rings. The van der Waals surface area contributed by atoms with E-state index in [2.05, 4.69) is 15.3 Å². The van der Waals surface area contributed by atoms with Crippen LogP contribution in [0.15, 0.2) is 10.5 Å². The number of rotatable bonds is 1. The number of anilines is 1. The first-order chi connectivity index (χ1) is 6.16. The van der Waals surface area contributed by atoms with Gasteiger partial charge in [0.05, 0.1) is 0 Å². The summed E-state index contributed by atoms with van der Waals surface area (Å²) in [5, 5.41) is 11.4. The molecule has 0 aromatic carbocycles. The second-order valence-electron chi connectivity index (χ2n) is 2.74. The molecule has 0 saturated carbocycles. The maximum Gasteiger partial charge on any atom is 0.313 e. The number of nitrogens with zero attached hydrogens (tertiary/aromatic N) is 4. The van der Waals surface area contributed by atoms with Crippen LogP contribution in [0.5, 0.6) is 0 Å². The Bertz CT molecular complexity index is 410. The molecule has 0 spiro atoms. The lowest BCUT2D eigenvalue weighted by molar-refractivity contribution is 0.585. The Morgan fingerprint density at radius 3 is 2.69 bits per heavy atom. The maximum atomic E-state index is 5.29. The smallest absolute Gasteiger partial charge is 0.313 e. The molecular weight excluding hydrogens is 170 g/mol. The zero-order valence-corrected chi connectivity index (χ0v) is 7.35. The number of nitrogens with two attached hydrogens (primary N) is 1. The van der Waals surface area contributed by atoms with E-state index in [1.165, 1.54) is 0 Å². The number of hydrogen-bond donors (Lipinski definition) is 1. The van der Waals surface area contributed by atoms with Crippen LogP contribution in [0.3, 0.4) is 0 Å². The van der Waals surface area contributed by atoms with Crippen LogP contribution in [0.1, 0.15) is 5.69 Å². The molecule has 0 radical (unpaired) electrons. The predicted molar refractivity (Wildman–Crippen MR) is 45.6 cm³/mol. The molecule has 2 rings (SSSR count). The number of aryl methyl sites for hydroxylation is 2.